The molecule has 0 saturated heterocycles. The van der Waals surface area contributed by atoms with Crippen molar-refractivity contribution >= 4 is 23.5 Å². The fourth-order valence-corrected chi connectivity index (χ4v) is 2.73. The summed E-state index contributed by atoms with van der Waals surface area (Å²) in [5.41, 5.74) is 0.410. The van der Waals surface area contributed by atoms with Gasteiger partial charge in [0.2, 0.25) is 0 Å². The molecular weight excluding hydrogens is 320 g/mol. The summed E-state index contributed by atoms with van der Waals surface area (Å²) in [7, 11) is 1.18. The van der Waals surface area contributed by atoms with Crippen LogP contribution in [0.2, 0.25) is 5.02 Å². The molecule has 0 bridgehead atoms. The molecule has 1 fully saturated rings. The van der Waals surface area contributed by atoms with Crippen LogP contribution in [0.1, 0.15) is 31.2 Å². The van der Waals surface area contributed by atoms with Gasteiger partial charge in [-0.3, -0.25) is 4.79 Å². The Bertz CT molecular complexity index is 633. The Labute approximate surface area is 139 Å². The molecule has 6 nitrogen and oxygen atoms in total. The Morgan fingerprint density at radius 2 is 2.00 bits per heavy atom. The van der Waals surface area contributed by atoms with Crippen molar-refractivity contribution in [2.24, 2.45) is 0 Å². The quantitative estimate of drug-likeness (QED) is 0.675. The second-order valence-corrected chi connectivity index (χ2v) is 5.72. The van der Waals surface area contributed by atoms with Crippen LogP contribution >= 0.6 is 11.6 Å². The minimum Gasteiger partial charge on any atom is -0.490 e. The van der Waals surface area contributed by atoms with Gasteiger partial charge in [-0.2, -0.15) is 5.26 Å². The minimum absolute atomic E-state index is 0.0188. The van der Waals surface area contributed by atoms with Crippen molar-refractivity contribution in [1.82, 2.24) is 5.32 Å². The topological polar surface area (TPSA) is 88.4 Å². The Morgan fingerprint density at radius 3 is 2.57 bits per heavy atom. The maximum atomic E-state index is 11.5. The van der Waals surface area contributed by atoms with Crippen molar-refractivity contribution in [3.63, 3.8) is 0 Å². The molecule has 1 saturated carbocycles. The van der Waals surface area contributed by atoms with E-state index in [0.717, 1.165) is 25.7 Å². The summed E-state index contributed by atoms with van der Waals surface area (Å²) in [6.07, 6.45) is 2.97. The van der Waals surface area contributed by atoms with Gasteiger partial charge >= 0.3 is 11.9 Å². The molecule has 0 aliphatic heterocycles. The molecule has 1 aliphatic rings. The number of nitrogens with one attached hydrogen (secondary N) is 1. The third kappa shape index (κ3) is 4.60. The van der Waals surface area contributed by atoms with E-state index in [0.29, 0.717) is 16.3 Å². The Hall–Kier alpha value is -2.26. The third-order valence-corrected chi connectivity index (χ3v) is 4.06. The zero-order valence-electron chi connectivity index (χ0n) is 12.7. The monoisotopic (exact) mass is 336 g/mol. The highest BCUT2D eigenvalue weighted by atomic mass is 35.5. The Balaban J connectivity index is 1.83. The van der Waals surface area contributed by atoms with E-state index in [2.05, 4.69) is 10.1 Å². The molecule has 1 aromatic carbocycles. The molecule has 0 atom stereocenters. The van der Waals surface area contributed by atoms with Crippen molar-refractivity contribution in [2.75, 3.05) is 7.11 Å². The molecule has 0 radical (unpaired) electrons. The molecule has 23 heavy (non-hydrogen) atoms. The van der Waals surface area contributed by atoms with Crippen LogP contribution in [0.25, 0.3) is 0 Å². The lowest BCUT2D eigenvalue weighted by atomic mass is 9.93. The van der Waals surface area contributed by atoms with Crippen LogP contribution in [0.5, 0.6) is 5.75 Å². The van der Waals surface area contributed by atoms with Gasteiger partial charge in [0.1, 0.15) is 11.8 Å². The fourth-order valence-electron chi connectivity index (χ4n) is 2.51. The molecule has 1 aromatic rings. The van der Waals surface area contributed by atoms with Gasteiger partial charge in [-0.1, -0.05) is 11.6 Å². The van der Waals surface area contributed by atoms with E-state index in [1.54, 1.807) is 18.2 Å². The lowest BCUT2D eigenvalue weighted by Gasteiger charge is -2.29. The highest BCUT2D eigenvalue weighted by Crippen LogP contribution is 2.27. The van der Waals surface area contributed by atoms with Gasteiger partial charge in [-0.25, -0.2) is 4.79 Å². The fraction of sp³-hybridized carbons (Fsp3) is 0.438. The molecule has 1 N–H and O–H groups in total. The highest BCUT2D eigenvalue weighted by Gasteiger charge is 2.26. The summed E-state index contributed by atoms with van der Waals surface area (Å²) in [5.74, 6) is -0.970. The van der Waals surface area contributed by atoms with Crippen molar-refractivity contribution < 1.29 is 19.1 Å². The smallest absolute Gasteiger partial charge is 0.396 e. The third-order valence-electron chi connectivity index (χ3n) is 3.74. The second-order valence-electron chi connectivity index (χ2n) is 5.31. The number of rotatable bonds is 3. The second kappa shape index (κ2) is 7.84. The maximum absolute atomic E-state index is 11.5. The number of esters is 1. The van der Waals surface area contributed by atoms with Crippen molar-refractivity contribution in [3.8, 4) is 11.8 Å². The van der Waals surface area contributed by atoms with Gasteiger partial charge in [0.15, 0.2) is 0 Å². The number of carbonyl (C=O) groups is 2. The first-order valence-electron chi connectivity index (χ1n) is 7.28. The molecule has 7 heteroatoms. The molecule has 1 amide bonds. The van der Waals surface area contributed by atoms with Crippen molar-refractivity contribution in [2.45, 2.75) is 37.8 Å². The average molecular weight is 337 g/mol. The summed E-state index contributed by atoms with van der Waals surface area (Å²) >= 11 is 5.98. The van der Waals surface area contributed by atoms with Gasteiger partial charge in [0.05, 0.1) is 23.8 Å². The van der Waals surface area contributed by atoms with Gasteiger partial charge in [0, 0.05) is 12.1 Å². The zero-order valence-corrected chi connectivity index (χ0v) is 13.4. The number of benzene rings is 1. The minimum atomic E-state index is -0.879. The summed E-state index contributed by atoms with van der Waals surface area (Å²) in [6.45, 7) is 0. The van der Waals surface area contributed by atoms with E-state index < -0.39 is 11.9 Å². The van der Waals surface area contributed by atoms with Gasteiger partial charge in [-0.05, 0) is 37.8 Å². The Morgan fingerprint density at radius 1 is 1.30 bits per heavy atom. The molecule has 0 spiro atoms. The summed E-state index contributed by atoms with van der Waals surface area (Å²) in [5, 5.41) is 11.9. The number of methoxy groups -OCH3 is 1. The van der Waals surface area contributed by atoms with Crippen LogP contribution < -0.4 is 10.1 Å². The van der Waals surface area contributed by atoms with Gasteiger partial charge in [0.25, 0.3) is 0 Å². The standard InChI is InChI=1S/C16H17ClN2O4/c1-22-16(21)15(20)19-11-3-6-12(7-4-11)23-13-5-2-10(9-18)14(17)8-13/h2,5,8,11-12H,3-4,6-7H2,1H3,(H,19,20). The largest absolute Gasteiger partial charge is 0.490 e. The van der Waals surface area contributed by atoms with E-state index in [-0.39, 0.29) is 12.1 Å². The van der Waals surface area contributed by atoms with E-state index >= 15 is 0 Å². The summed E-state index contributed by atoms with van der Waals surface area (Å²) in [6, 6.07) is 6.92. The predicted octanol–water partition coefficient (Wildman–Crippen LogP) is 2.19. The van der Waals surface area contributed by atoms with Crippen molar-refractivity contribution in [3.05, 3.63) is 28.8 Å². The number of nitriles is 1. The van der Waals surface area contributed by atoms with Crippen LogP contribution in [0, 0.1) is 11.3 Å². The molecule has 0 aromatic heterocycles. The molecular formula is C16H17ClN2O4. The molecule has 0 unspecified atom stereocenters. The van der Waals surface area contributed by atoms with E-state index in [1.807, 2.05) is 6.07 Å². The van der Waals surface area contributed by atoms with Crippen LogP contribution in [0.3, 0.4) is 0 Å². The number of ether oxygens (including phenoxy) is 2. The number of hydrogen-bond donors (Lipinski definition) is 1. The van der Waals surface area contributed by atoms with E-state index in [9.17, 15) is 9.59 Å². The molecule has 122 valence electrons. The van der Waals surface area contributed by atoms with Crippen molar-refractivity contribution in [1.29, 1.82) is 5.26 Å². The van der Waals surface area contributed by atoms with E-state index in [1.165, 1.54) is 7.11 Å². The Kier molecular flexibility index (Phi) is 5.83. The van der Waals surface area contributed by atoms with Crippen LogP contribution in [-0.4, -0.2) is 31.1 Å². The predicted molar refractivity (Wildman–Crippen MR) is 83.0 cm³/mol. The lowest BCUT2D eigenvalue weighted by molar-refractivity contribution is -0.153. The number of amides is 1. The average Bonchev–Trinajstić information content (AvgIpc) is 2.56. The van der Waals surface area contributed by atoms with Gasteiger partial charge in [-0.15, -0.1) is 0 Å². The number of halogens is 1. The van der Waals surface area contributed by atoms with Gasteiger partial charge < -0.3 is 14.8 Å². The molecule has 0 heterocycles. The lowest BCUT2D eigenvalue weighted by Crippen LogP contribution is -2.43. The SMILES string of the molecule is COC(=O)C(=O)NC1CCC(Oc2ccc(C#N)c(Cl)c2)CC1. The first kappa shape index (κ1) is 17.1. The number of hydrogen-bond acceptors (Lipinski definition) is 5. The van der Waals surface area contributed by atoms with Crippen LogP contribution in [0.15, 0.2) is 18.2 Å². The summed E-state index contributed by atoms with van der Waals surface area (Å²) < 4.78 is 10.2. The zero-order chi connectivity index (χ0) is 16.8. The molecule has 2 rings (SSSR count). The maximum Gasteiger partial charge on any atom is 0.396 e. The normalized spacial score (nSPS) is 20.2. The highest BCUT2D eigenvalue weighted by molar-refractivity contribution is 6.32. The first-order chi connectivity index (χ1) is 11.0. The molecule has 1 aliphatic carbocycles. The number of carbonyl (C=O) groups excluding carboxylic acids is 2. The van der Waals surface area contributed by atoms with E-state index in [4.69, 9.17) is 21.6 Å². The summed E-state index contributed by atoms with van der Waals surface area (Å²) in [4.78, 5) is 22.5. The number of nitrogens with zero attached hydrogens (tertiary/aromatic N) is 1. The van der Waals surface area contributed by atoms with Crippen LogP contribution in [0.4, 0.5) is 0 Å². The first-order valence-corrected chi connectivity index (χ1v) is 7.66. The van der Waals surface area contributed by atoms with Crippen LogP contribution in [-0.2, 0) is 14.3 Å².